The number of anilines is 2. The van der Waals surface area contributed by atoms with Crippen LogP contribution in [0.25, 0.3) is 11.4 Å². The minimum atomic E-state index is -0.0152. The van der Waals surface area contributed by atoms with Crippen LogP contribution in [0.3, 0.4) is 0 Å². The van der Waals surface area contributed by atoms with Crippen molar-refractivity contribution < 1.29 is 4.79 Å². The Labute approximate surface area is 165 Å². The van der Waals surface area contributed by atoms with Gasteiger partial charge in [0.05, 0.1) is 0 Å². The van der Waals surface area contributed by atoms with Gasteiger partial charge in [0.25, 0.3) is 5.91 Å². The van der Waals surface area contributed by atoms with Crippen LogP contribution in [0.15, 0.2) is 60.8 Å². The zero-order chi connectivity index (χ0) is 19.3. The molecule has 5 heteroatoms. The number of hydrogen-bond acceptors (Lipinski definition) is 4. The van der Waals surface area contributed by atoms with Crippen molar-refractivity contribution >= 4 is 17.4 Å². The van der Waals surface area contributed by atoms with Gasteiger partial charge in [-0.25, -0.2) is 9.97 Å². The van der Waals surface area contributed by atoms with Crippen LogP contribution in [-0.2, 0) is 0 Å². The summed E-state index contributed by atoms with van der Waals surface area (Å²) in [6.07, 6.45) is 6.28. The van der Waals surface area contributed by atoms with Gasteiger partial charge in [0.2, 0.25) is 0 Å². The molecule has 1 fully saturated rings. The van der Waals surface area contributed by atoms with E-state index >= 15 is 0 Å². The molecule has 0 aliphatic heterocycles. The lowest BCUT2D eigenvalue weighted by Gasteiger charge is -2.13. The van der Waals surface area contributed by atoms with Crippen molar-refractivity contribution in [3.63, 3.8) is 0 Å². The number of nitrogens with one attached hydrogen (secondary N) is 2. The minimum absolute atomic E-state index is 0.0152. The van der Waals surface area contributed by atoms with Gasteiger partial charge in [0.15, 0.2) is 5.82 Å². The molecule has 3 aromatic rings. The Hall–Kier alpha value is -3.21. The normalized spacial score (nSPS) is 14.0. The number of nitrogens with zero attached hydrogens (tertiary/aromatic N) is 2. The molecule has 0 saturated heterocycles. The van der Waals surface area contributed by atoms with E-state index in [-0.39, 0.29) is 5.91 Å². The lowest BCUT2D eigenvalue weighted by Crippen LogP contribution is -2.32. The van der Waals surface area contributed by atoms with Crippen LogP contribution in [-0.4, -0.2) is 21.9 Å². The monoisotopic (exact) mass is 372 g/mol. The maximum absolute atomic E-state index is 12.5. The van der Waals surface area contributed by atoms with Gasteiger partial charge in [0.1, 0.15) is 5.82 Å². The Balaban J connectivity index is 1.49. The zero-order valence-electron chi connectivity index (χ0n) is 16.0. The van der Waals surface area contributed by atoms with E-state index in [1.54, 1.807) is 6.20 Å². The molecule has 0 bridgehead atoms. The number of rotatable bonds is 5. The summed E-state index contributed by atoms with van der Waals surface area (Å²) in [5.41, 5.74) is 3.65. The number of amides is 1. The largest absolute Gasteiger partial charge is 0.349 e. The SMILES string of the molecule is Cc1ccc(-c2nccc(Nc3cccc(C(=O)NC4CCCC4)c3)n2)cc1. The number of carbonyl (C=O) groups excluding carboxylic acids is 1. The van der Waals surface area contributed by atoms with E-state index in [0.717, 1.165) is 24.1 Å². The molecule has 1 heterocycles. The molecule has 142 valence electrons. The van der Waals surface area contributed by atoms with Crippen LogP contribution >= 0.6 is 0 Å². The first kappa shape index (κ1) is 18.2. The third kappa shape index (κ3) is 4.36. The molecule has 0 spiro atoms. The van der Waals surface area contributed by atoms with E-state index in [1.165, 1.54) is 18.4 Å². The summed E-state index contributed by atoms with van der Waals surface area (Å²) in [6, 6.07) is 17.8. The standard InChI is InChI=1S/C23H24N4O/c1-16-9-11-17(12-10-16)22-24-14-13-21(27-22)25-20-8-4-5-18(15-20)23(28)26-19-6-2-3-7-19/h4-5,8-15,19H,2-3,6-7H2,1H3,(H,26,28)(H,24,25,27). The molecule has 5 nitrogen and oxygen atoms in total. The number of aromatic nitrogens is 2. The van der Waals surface area contributed by atoms with Gasteiger partial charge in [-0.2, -0.15) is 0 Å². The lowest BCUT2D eigenvalue weighted by atomic mass is 10.1. The third-order valence-electron chi connectivity index (χ3n) is 5.05. The predicted molar refractivity (Wildman–Crippen MR) is 112 cm³/mol. The fourth-order valence-corrected chi connectivity index (χ4v) is 3.49. The molecule has 28 heavy (non-hydrogen) atoms. The smallest absolute Gasteiger partial charge is 0.251 e. The van der Waals surface area contributed by atoms with Crippen molar-refractivity contribution in [2.45, 2.75) is 38.6 Å². The summed E-state index contributed by atoms with van der Waals surface area (Å²) < 4.78 is 0. The average Bonchev–Trinajstić information content (AvgIpc) is 3.22. The molecule has 1 aliphatic carbocycles. The van der Waals surface area contributed by atoms with Crippen molar-refractivity contribution in [2.24, 2.45) is 0 Å². The molecule has 1 saturated carbocycles. The summed E-state index contributed by atoms with van der Waals surface area (Å²) in [6.45, 7) is 2.05. The second-order valence-corrected chi connectivity index (χ2v) is 7.29. The van der Waals surface area contributed by atoms with Gasteiger partial charge in [-0.1, -0.05) is 48.7 Å². The van der Waals surface area contributed by atoms with Crippen molar-refractivity contribution in [1.29, 1.82) is 0 Å². The van der Waals surface area contributed by atoms with Crippen molar-refractivity contribution in [3.8, 4) is 11.4 Å². The highest BCUT2D eigenvalue weighted by atomic mass is 16.1. The van der Waals surface area contributed by atoms with E-state index in [4.69, 9.17) is 0 Å². The number of benzene rings is 2. The van der Waals surface area contributed by atoms with Gasteiger partial charge in [-0.3, -0.25) is 4.79 Å². The molecule has 1 amide bonds. The predicted octanol–water partition coefficient (Wildman–Crippen LogP) is 4.87. The molecular formula is C23H24N4O. The lowest BCUT2D eigenvalue weighted by molar-refractivity contribution is 0.0938. The van der Waals surface area contributed by atoms with E-state index in [0.29, 0.717) is 23.2 Å². The van der Waals surface area contributed by atoms with E-state index in [1.807, 2.05) is 54.6 Å². The topological polar surface area (TPSA) is 66.9 Å². The number of hydrogen-bond donors (Lipinski definition) is 2. The molecule has 1 aromatic heterocycles. The highest BCUT2D eigenvalue weighted by Crippen LogP contribution is 2.21. The molecule has 0 unspecified atom stereocenters. The van der Waals surface area contributed by atoms with Crippen molar-refractivity contribution in [2.75, 3.05) is 5.32 Å². The number of carbonyl (C=O) groups is 1. The Kier molecular flexibility index (Phi) is 5.33. The van der Waals surface area contributed by atoms with Crippen LogP contribution in [0.2, 0.25) is 0 Å². The summed E-state index contributed by atoms with van der Waals surface area (Å²) in [5.74, 6) is 1.35. The van der Waals surface area contributed by atoms with E-state index in [9.17, 15) is 4.79 Å². The Morgan fingerprint density at radius 3 is 2.61 bits per heavy atom. The Morgan fingerprint density at radius 1 is 1.04 bits per heavy atom. The van der Waals surface area contributed by atoms with Crippen LogP contribution in [0, 0.1) is 6.92 Å². The van der Waals surface area contributed by atoms with Crippen LogP contribution in [0.4, 0.5) is 11.5 Å². The van der Waals surface area contributed by atoms with E-state index in [2.05, 4.69) is 27.5 Å². The van der Waals surface area contributed by atoms with Gasteiger partial charge < -0.3 is 10.6 Å². The molecule has 2 N–H and O–H groups in total. The fraction of sp³-hybridized carbons (Fsp3) is 0.261. The van der Waals surface area contributed by atoms with E-state index < -0.39 is 0 Å². The molecule has 2 aromatic carbocycles. The maximum Gasteiger partial charge on any atom is 0.251 e. The van der Waals surface area contributed by atoms with Crippen LogP contribution in [0.5, 0.6) is 0 Å². The number of aryl methyl sites for hydroxylation is 1. The zero-order valence-corrected chi connectivity index (χ0v) is 16.0. The molecule has 0 atom stereocenters. The van der Waals surface area contributed by atoms with Gasteiger partial charge in [-0.05, 0) is 44.0 Å². The van der Waals surface area contributed by atoms with Crippen molar-refractivity contribution in [1.82, 2.24) is 15.3 Å². The second-order valence-electron chi connectivity index (χ2n) is 7.29. The van der Waals surface area contributed by atoms with Crippen molar-refractivity contribution in [3.05, 3.63) is 71.9 Å². The molecule has 4 rings (SSSR count). The summed E-state index contributed by atoms with van der Waals surface area (Å²) in [4.78, 5) is 21.5. The highest BCUT2D eigenvalue weighted by Gasteiger charge is 2.18. The maximum atomic E-state index is 12.5. The van der Waals surface area contributed by atoms with Gasteiger partial charge in [-0.15, -0.1) is 0 Å². The first-order valence-corrected chi connectivity index (χ1v) is 9.75. The van der Waals surface area contributed by atoms with Gasteiger partial charge >= 0.3 is 0 Å². The molecular weight excluding hydrogens is 348 g/mol. The third-order valence-corrected chi connectivity index (χ3v) is 5.05. The highest BCUT2D eigenvalue weighted by molar-refractivity contribution is 5.95. The first-order chi connectivity index (χ1) is 13.7. The summed E-state index contributed by atoms with van der Waals surface area (Å²) in [7, 11) is 0. The molecule has 0 radical (unpaired) electrons. The summed E-state index contributed by atoms with van der Waals surface area (Å²) in [5, 5.41) is 6.41. The second kappa shape index (κ2) is 8.21. The molecule has 1 aliphatic rings. The minimum Gasteiger partial charge on any atom is -0.349 e. The fourth-order valence-electron chi connectivity index (χ4n) is 3.49. The Morgan fingerprint density at radius 2 is 1.82 bits per heavy atom. The van der Waals surface area contributed by atoms with Crippen LogP contribution in [0.1, 0.15) is 41.6 Å². The quantitative estimate of drug-likeness (QED) is 0.671. The first-order valence-electron chi connectivity index (χ1n) is 9.75. The average molecular weight is 372 g/mol. The van der Waals surface area contributed by atoms with Crippen LogP contribution < -0.4 is 10.6 Å². The summed E-state index contributed by atoms with van der Waals surface area (Å²) >= 11 is 0. The Bertz CT molecular complexity index is 962. The van der Waals surface area contributed by atoms with Gasteiger partial charge in [0, 0.05) is 29.1 Å².